The highest BCUT2D eigenvalue weighted by Gasteiger charge is 1.95. The van der Waals surface area contributed by atoms with Crippen LogP contribution in [0.2, 0.25) is 5.02 Å². The van der Waals surface area contributed by atoms with Crippen LogP contribution in [0.25, 0.3) is 6.08 Å². The summed E-state index contributed by atoms with van der Waals surface area (Å²) in [5.74, 6) is 0. The van der Waals surface area contributed by atoms with Crippen LogP contribution >= 0.6 is 11.6 Å². The van der Waals surface area contributed by atoms with Crippen LogP contribution < -0.4 is 0 Å². The Balaban J connectivity index is 3.12. The minimum atomic E-state index is 0.775. The van der Waals surface area contributed by atoms with Crippen molar-refractivity contribution >= 4 is 17.7 Å². The number of benzene rings is 1. The molecule has 0 saturated carbocycles. The van der Waals surface area contributed by atoms with Crippen molar-refractivity contribution in [2.75, 3.05) is 0 Å². The molecule has 0 saturated heterocycles. The molecule has 0 heterocycles. The summed E-state index contributed by atoms with van der Waals surface area (Å²) >= 11 is 5.88. The summed E-state index contributed by atoms with van der Waals surface area (Å²) in [5, 5.41) is 0.775. The lowest BCUT2D eigenvalue weighted by Gasteiger charge is -2.00. The average Bonchev–Trinajstić information content (AvgIpc) is 2.05. The zero-order valence-electron chi connectivity index (χ0n) is 6.60. The van der Waals surface area contributed by atoms with Gasteiger partial charge in [0.15, 0.2) is 0 Å². The van der Waals surface area contributed by atoms with Crippen LogP contribution in [0.15, 0.2) is 24.8 Å². The topological polar surface area (TPSA) is 0 Å². The molecule has 0 aromatic heterocycles. The van der Waals surface area contributed by atoms with E-state index < -0.39 is 0 Å². The van der Waals surface area contributed by atoms with Crippen molar-refractivity contribution in [1.29, 1.82) is 0 Å². The molecular weight excluding hydrogens is 156 g/mol. The quantitative estimate of drug-likeness (QED) is 0.631. The summed E-state index contributed by atoms with van der Waals surface area (Å²) in [4.78, 5) is 0. The molecule has 0 bridgehead atoms. The maximum atomic E-state index is 5.88. The Labute approximate surface area is 72.5 Å². The SMILES string of the molecule is C=Cc1cc(CC)ccc1Cl. The molecule has 0 aliphatic heterocycles. The van der Waals surface area contributed by atoms with Crippen molar-refractivity contribution in [3.05, 3.63) is 40.9 Å². The summed E-state index contributed by atoms with van der Waals surface area (Å²) in [5.41, 5.74) is 2.32. The summed E-state index contributed by atoms with van der Waals surface area (Å²) in [7, 11) is 0. The Morgan fingerprint density at radius 3 is 2.82 bits per heavy atom. The molecule has 0 fully saturated rings. The lowest BCUT2D eigenvalue weighted by molar-refractivity contribution is 1.14. The third-order valence-electron chi connectivity index (χ3n) is 1.69. The standard InChI is InChI=1S/C10H11Cl/c1-3-8-5-6-10(11)9(4-2)7-8/h4-7H,2-3H2,1H3. The van der Waals surface area contributed by atoms with E-state index in [0.29, 0.717) is 0 Å². The molecule has 0 aliphatic rings. The Bertz CT molecular complexity index is 264. The highest BCUT2D eigenvalue weighted by Crippen LogP contribution is 2.18. The van der Waals surface area contributed by atoms with E-state index in [4.69, 9.17) is 11.6 Å². The van der Waals surface area contributed by atoms with Gasteiger partial charge in [0.1, 0.15) is 0 Å². The lowest BCUT2D eigenvalue weighted by atomic mass is 10.1. The molecule has 1 rings (SSSR count). The fraction of sp³-hybridized carbons (Fsp3) is 0.200. The van der Waals surface area contributed by atoms with E-state index in [1.54, 1.807) is 6.08 Å². The van der Waals surface area contributed by atoms with Crippen LogP contribution in [-0.4, -0.2) is 0 Å². The van der Waals surface area contributed by atoms with Gasteiger partial charge in [0.05, 0.1) is 0 Å². The summed E-state index contributed by atoms with van der Waals surface area (Å²) in [6.07, 6.45) is 2.82. The van der Waals surface area contributed by atoms with Gasteiger partial charge >= 0.3 is 0 Å². The molecule has 1 aromatic carbocycles. The fourth-order valence-corrected chi connectivity index (χ4v) is 1.16. The van der Waals surface area contributed by atoms with Crippen molar-refractivity contribution in [1.82, 2.24) is 0 Å². The van der Waals surface area contributed by atoms with Gasteiger partial charge in [-0.3, -0.25) is 0 Å². The van der Waals surface area contributed by atoms with Gasteiger partial charge in [-0.05, 0) is 23.6 Å². The van der Waals surface area contributed by atoms with Crippen LogP contribution in [-0.2, 0) is 6.42 Å². The molecule has 0 nitrogen and oxygen atoms in total. The van der Waals surface area contributed by atoms with E-state index in [2.05, 4.69) is 19.6 Å². The number of hydrogen-bond acceptors (Lipinski definition) is 0. The third kappa shape index (κ3) is 1.84. The molecule has 1 aromatic rings. The summed E-state index contributed by atoms with van der Waals surface area (Å²) in [6.45, 7) is 5.80. The predicted octanol–water partition coefficient (Wildman–Crippen LogP) is 3.55. The second kappa shape index (κ2) is 3.59. The molecule has 0 atom stereocenters. The Hall–Kier alpha value is -0.750. The number of hydrogen-bond donors (Lipinski definition) is 0. The van der Waals surface area contributed by atoms with Gasteiger partial charge in [-0.25, -0.2) is 0 Å². The molecule has 0 N–H and O–H groups in total. The maximum Gasteiger partial charge on any atom is 0.0478 e. The molecule has 0 unspecified atom stereocenters. The second-order valence-corrected chi connectivity index (χ2v) is 2.82. The second-order valence-electron chi connectivity index (χ2n) is 2.41. The van der Waals surface area contributed by atoms with E-state index in [1.807, 2.05) is 12.1 Å². The minimum Gasteiger partial charge on any atom is -0.0984 e. The highest BCUT2D eigenvalue weighted by molar-refractivity contribution is 6.32. The van der Waals surface area contributed by atoms with Crippen LogP contribution in [0.3, 0.4) is 0 Å². The minimum absolute atomic E-state index is 0.775. The average molecular weight is 167 g/mol. The first-order valence-electron chi connectivity index (χ1n) is 3.68. The number of aryl methyl sites for hydroxylation is 1. The van der Waals surface area contributed by atoms with Gasteiger partial charge in [-0.1, -0.05) is 43.3 Å². The molecule has 11 heavy (non-hydrogen) atoms. The van der Waals surface area contributed by atoms with Crippen molar-refractivity contribution in [2.45, 2.75) is 13.3 Å². The fourth-order valence-electron chi connectivity index (χ4n) is 0.970. The Morgan fingerprint density at radius 1 is 1.55 bits per heavy atom. The normalized spacial score (nSPS) is 9.64. The van der Waals surface area contributed by atoms with Gasteiger partial charge in [-0.2, -0.15) is 0 Å². The first kappa shape index (κ1) is 8.35. The van der Waals surface area contributed by atoms with Crippen molar-refractivity contribution in [2.24, 2.45) is 0 Å². The zero-order chi connectivity index (χ0) is 8.27. The van der Waals surface area contributed by atoms with Crippen LogP contribution in [0.4, 0.5) is 0 Å². The molecule has 1 heteroatoms. The molecule has 0 aliphatic carbocycles. The lowest BCUT2D eigenvalue weighted by Crippen LogP contribution is -1.81. The third-order valence-corrected chi connectivity index (χ3v) is 2.03. The van der Waals surface area contributed by atoms with E-state index in [1.165, 1.54) is 5.56 Å². The number of rotatable bonds is 2. The van der Waals surface area contributed by atoms with E-state index in [-0.39, 0.29) is 0 Å². The molecule has 0 spiro atoms. The predicted molar refractivity (Wildman–Crippen MR) is 50.9 cm³/mol. The molecule has 0 radical (unpaired) electrons. The molecule has 58 valence electrons. The van der Waals surface area contributed by atoms with E-state index >= 15 is 0 Å². The summed E-state index contributed by atoms with van der Waals surface area (Å²) < 4.78 is 0. The first-order valence-corrected chi connectivity index (χ1v) is 4.06. The zero-order valence-corrected chi connectivity index (χ0v) is 7.36. The van der Waals surface area contributed by atoms with Crippen LogP contribution in [0.1, 0.15) is 18.1 Å². The molecular formula is C10H11Cl. The van der Waals surface area contributed by atoms with Gasteiger partial charge in [-0.15, -0.1) is 0 Å². The van der Waals surface area contributed by atoms with Crippen molar-refractivity contribution in [3.63, 3.8) is 0 Å². The van der Waals surface area contributed by atoms with Gasteiger partial charge in [0.2, 0.25) is 0 Å². The van der Waals surface area contributed by atoms with Crippen molar-refractivity contribution < 1.29 is 0 Å². The van der Waals surface area contributed by atoms with Crippen LogP contribution in [0.5, 0.6) is 0 Å². The smallest absolute Gasteiger partial charge is 0.0478 e. The highest BCUT2D eigenvalue weighted by atomic mass is 35.5. The van der Waals surface area contributed by atoms with Crippen LogP contribution in [0, 0.1) is 0 Å². The van der Waals surface area contributed by atoms with Gasteiger partial charge in [0, 0.05) is 5.02 Å². The maximum absolute atomic E-state index is 5.88. The molecule has 0 amide bonds. The van der Waals surface area contributed by atoms with Gasteiger partial charge in [0.25, 0.3) is 0 Å². The Morgan fingerprint density at radius 2 is 2.27 bits per heavy atom. The Kier molecular flexibility index (Phi) is 2.72. The van der Waals surface area contributed by atoms with Crippen molar-refractivity contribution in [3.8, 4) is 0 Å². The number of halogens is 1. The van der Waals surface area contributed by atoms with Gasteiger partial charge < -0.3 is 0 Å². The van der Waals surface area contributed by atoms with E-state index in [0.717, 1.165) is 17.0 Å². The monoisotopic (exact) mass is 166 g/mol. The summed E-state index contributed by atoms with van der Waals surface area (Å²) in [6, 6.07) is 6.02. The first-order chi connectivity index (χ1) is 5.27. The van der Waals surface area contributed by atoms with E-state index in [9.17, 15) is 0 Å². The largest absolute Gasteiger partial charge is 0.0984 e.